The molecule has 1 atom stereocenters. The van der Waals surface area contributed by atoms with Crippen LogP contribution in [-0.2, 0) is 27.8 Å². The first kappa shape index (κ1) is 37.0. The summed E-state index contributed by atoms with van der Waals surface area (Å²) >= 11 is 0. The summed E-state index contributed by atoms with van der Waals surface area (Å²) in [6, 6.07) is 0. The second-order valence-electron chi connectivity index (χ2n) is 9.16. The SMILES string of the molecule is CC.CCCCCCCC/C=C\CCCCCCCC(=O)OCC(CC(=O)[O-])Cc1cncn1C.[Na+]. The smallest absolute Gasteiger partial charge is 0.550 e. The van der Waals surface area contributed by atoms with Crippen molar-refractivity contribution in [1.29, 1.82) is 0 Å². The minimum atomic E-state index is -1.13. The molecule has 1 unspecified atom stereocenters. The third kappa shape index (κ3) is 22.1. The number of aromatic nitrogens is 2. The molecule has 1 heterocycles. The second-order valence-corrected chi connectivity index (χ2v) is 9.16. The number of aryl methyl sites for hydroxylation is 1. The van der Waals surface area contributed by atoms with Crippen LogP contribution in [0.5, 0.6) is 0 Å². The number of carbonyl (C=O) groups is 2. The number of ether oxygens (including phenoxy) is 1. The van der Waals surface area contributed by atoms with Gasteiger partial charge in [0.2, 0.25) is 0 Å². The molecule has 0 amide bonds. The number of allylic oxidation sites excluding steroid dienone is 2. The summed E-state index contributed by atoms with van der Waals surface area (Å²) < 4.78 is 7.19. The number of hydrogen-bond donors (Lipinski definition) is 0. The van der Waals surface area contributed by atoms with E-state index >= 15 is 0 Å². The van der Waals surface area contributed by atoms with Crippen molar-refractivity contribution in [3.63, 3.8) is 0 Å². The van der Waals surface area contributed by atoms with Crippen LogP contribution in [0.2, 0.25) is 0 Å². The summed E-state index contributed by atoms with van der Waals surface area (Å²) in [6.07, 6.45) is 24.6. The second kappa shape index (κ2) is 26.9. The molecule has 202 valence electrons. The van der Waals surface area contributed by atoms with Crippen molar-refractivity contribution in [2.45, 2.75) is 124 Å². The zero-order valence-electron chi connectivity index (χ0n) is 23.9. The van der Waals surface area contributed by atoms with E-state index in [2.05, 4.69) is 24.1 Å². The van der Waals surface area contributed by atoms with Crippen molar-refractivity contribution < 1.29 is 49.0 Å². The van der Waals surface area contributed by atoms with Gasteiger partial charge in [0.15, 0.2) is 0 Å². The molecule has 0 aliphatic rings. The molecule has 7 heteroatoms. The Kier molecular flexibility index (Phi) is 27.7. The van der Waals surface area contributed by atoms with Crippen molar-refractivity contribution in [3.8, 4) is 0 Å². The van der Waals surface area contributed by atoms with Gasteiger partial charge in [-0.05, 0) is 44.9 Å². The molecule has 36 heavy (non-hydrogen) atoms. The van der Waals surface area contributed by atoms with Crippen molar-refractivity contribution in [2.75, 3.05) is 6.61 Å². The van der Waals surface area contributed by atoms with Gasteiger partial charge in [0, 0.05) is 37.2 Å². The number of carbonyl (C=O) groups excluding carboxylic acids is 2. The first-order chi connectivity index (χ1) is 17.0. The molecular weight excluding hydrogens is 463 g/mol. The summed E-state index contributed by atoms with van der Waals surface area (Å²) in [5.74, 6) is -1.68. The Morgan fingerprint density at radius 2 is 1.53 bits per heavy atom. The number of hydrogen-bond acceptors (Lipinski definition) is 5. The van der Waals surface area contributed by atoms with Gasteiger partial charge in [-0.1, -0.05) is 84.3 Å². The Balaban J connectivity index is 0. The molecule has 1 rings (SSSR count). The maximum atomic E-state index is 12.0. The van der Waals surface area contributed by atoms with Crippen LogP contribution in [0, 0.1) is 5.92 Å². The molecule has 0 aliphatic heterocycles. The van der Waals surface area contributed by atoms with Gasteiger partial charge in [-0.25, -0.2) is 4.98 Å². The van der Waals surface area contributed by atoms with E-state index in [0.29, 0.717) is 12.8 Å². The zero-order valence-corrected chi connectivity index (χ0v) is 25.9. The Hall–Kier alpha value is -1.11. The molecule has 0 saturated carbocycles. The van der Waals surface area contributed by atoms with Crippen molar-refractivity contribution in [1.82, 2.24) is 9.55 Å². The van der Waals surface area contributed by atoms with Gasteiger partial charge in [0.25, 0.3) is 0 Å². The minimum Gasteiger partial charge on any atom is -0.550 e. The fourth-order valence-electron chi connectivity index (χ4n) is 3.93. The van der Waals surface area contributed by atoms with Gasteiger partial charge in [-0.2, -0.15) is 0 Å². The first-order valence-corrected chi connectivity index (χ1v) is 14.0. The summed E-state index contributed by atoms with van der Waals surface area (Å²) in [4.78, 5) is 27.1. The molecule has 0 bridgehead atoms. The normalized spacial score (nSPS) is 11.4. The van der Waals surface area contributed by atoms with Gasteiger partial charge in [0.1, 0.15) is 0 Å². The van der Waals surface area contributed by atoms with Crippen LogP contribution in [0.1, 0.15) is 123 Å². The Morgan fingerprint density at radius 3 is 2.06 bits per heavy atom. The van der Waals surface area contributed by atoms with E-state index in [1.165, 1.54) is 57.8 Å². The molecule has 0 aliphatic carbocycles. The standard InChI is InChI=1S/C27H46N2O4.C2H6.Na/c1-3-4-5-6-7-8-9-10-11-12-13-14-15-16-17-18-27(32)33-22-24(20-26(30)31)19-25-21-28-23-29(25)2;1-2;/h10-11,21,23-24H,3-9,12-20,22H2,1-2H3,(H,30,31);1-2H3;/q;;+1/p-1/b11-10-;;. The maximum Gasteiger partial charge on any atom is 1.00 e. The molecule has 0 spiro atoms. The Labute approximate surface area is 243 Å². The van der Waals surface area contributed by atoms with Crippen LogP contribution in [0.25, 0.3) is 0 Å². The minimum absolute atomic E-state index is 0. The van der Waals surface area contributed by atoms with Gasteiger partial charge in [0.05, 0.1) is 12.9 Å². The zero-order chi connectivity index (χ0) is 26.2. The third-order valence-corrected chi connectivity index (χ3v) is 5.99. The molecule has 1 aromatic heterocycles. The molecule has 0 saturated heterocycles. The summed E-state index contributed by atoms with van der Waals surface area (Å²) in [7, 11) is 1.86. The molecule has 1 aromatic rings. The number of carboxylic acid groups (broad SMARTS) is 1. The van der Waals surface area contributed by atoms with Crippen molar-refractivity contribution >= 4 is 11.9 Å². The quantitative estimate of drug-likeness (QED) is 0.109. The molecule has 0 aromatic carbocycles. The van der Waals surface area contributed by atoms with Crippen LogP contribution in [0.15, 0.2) is 24.7 Å². The summed E-state index contributed by atoms with van der Waals surface area (Å²) in [6.45, 7) is 6.35. The monoisotopic (exact) mass is 514 g/mol. The third-order valence-electron chi connectivity index (χ3n) is 5.99. The Morgan fingerprint density at radius 1 is 0.972 bits per heavy atom. The number of rotatable bonds is 21. The number of nitrogens with zero attached hydrogens (tertiary/aromatic N) is 2. The summed E-state index contributed by atoms with van der Waals surface area (Å²) in [5, 5.41) is 11.0. The maximum absolute atomic E-state index is 12.0. The van der Waals surface area contributed by atoms with Crippen LogP contribution >= 0.6 is 0 Å². The fourth-order valence-corrected chi connectivity index (χ4v) is 3.93. The number of esters is 1. The largest absolute Gasteiger partial charge is 1.00 e. The van der Waals surface area contributed by atoms with Crippen LogP contribution in [0.3, 0.4) is 0 Å². The van der Waals surface area contributed by atoms with Gasteiger partial charge in [-0.15, -0.1) is 0 Å². The molecular formula is C29H51N2NaO4. The van der Waals surface area contributed by atoms with Gasteiger partial charge < -0.3 is 19.2 Å². The molecule has 0 radical (unpaired) electrons. The topological polar surface area (TPSA) is 84.2 Å². The van der Waals surface area contributed by atoms with Crippen molar-refractivity contribution in [3.05, 3.63) is 30.4 Å². The molecule has 0 N–H and O–H groups in total. The Bertz CT molecular complexity index is 676. The average molecular weight is 515 g/mol. The van der Waals surface area contributed by atoms with Gasteiger partial charge >= 0.3 is 35.5 Å². The van der Waals surface area contributed by atoms with Crippen molar-refractivity contribution in [2.24, 2.45) is 13.0 Å². The number of unbranched alkanes of at least 4 members (excludes halogenated alkanes) is 11. The van der Waals surface area contributed by atoms with E-state index in [1.54, 1.807) is 12.5 Å². The van der Waals surface area contributed by atoms with Crippen LogP contribution in [-0.4, -0.2) is 28.1 Å². The number of aliphatic carboxylic acids is 1. The number of imidazole rings is 1. The fraction of sp³-hybridized carbons (Fsp3) is 0.759. The predicted octanol–water partition coefficient (Wildman–Crippen LogP) is 3.33. The first-order valence-electron chi connectivity index (χ1n) is 14.0. The molecule has 6 nitrogen and oxygen atoms in total. The molecule has 0 fully saturated rings. The predicted molar refractivity (Wildman–Crippen MR) is 142 cm³/mol. The van der Waals surface area contributed by atoms with Crippen LogP contribution < -0.4 is 34.7 Å². The van der Waals surface area contributed by atoms with Gasteiger partial charge in [-0.3, -0.25) is 4.79 Å². The van der Waals surface area contributed by atoms with E-state index in [0.717, 1.165) is 31.4 Å². The van der Waals surface area contributed by atoms with Crippen LogP contribution in [0.4, 0.5) is 0 Å². The summed E-state index contributed by atoms with van der Waals surface area (Å²) in [5.41, 5.74) is 0.912. The van der Waals surface area contributed by atoms with E-state index in [4.69, 9.17) is 4.74 Å². The van der Waals surface area contributed by atoms with E-state index in [-0.39, 0.29) is 54.5 Å². The van der Waals surface area contributed by atoms with E-state index < -0.39 is 5.97 Å². The number of carboxylic acids is 1. The van der Waals surface area contributed by atoms with E-state index in [9.17, 15) is 14.7 Å². The van der Waals surface area contributed by atoms with E-state index in [1.807, 2.05) is 25.5 Å². The average Bonchev–Trinajstić information content (AvgIpc) is 3.25.